The molecule has 0 bridgehead atoms. The maximum Gasteiger partial charge on any atom is 0.259 e. The van der Waals surface area contributed by atoms with Gasteiger partial charge in [-0.05, 0) is 54.4 Å². The quantitative estimate of drug-likeness (QED) is 0.199. The number of hydrogen-bond donors (Lipinski definition) is 1. The summed E-state index contributed by atoms with van der Waals surface area (Å²) in [6, 6.07) is 2.65. The first-order valence-electron chi connectivity index (χ1n) is 10.6. The molecular formula is C20H40N3O5P. The summed E-state index contributed by atoms with van der Waals surface area (Å²) in [7, 11) is -1.22. The third kappa shape index (κ3) is 13.9. The molecule has 9 heteroatoms. The van der Waals surface area contributed by atoms with Crippen LogP contribution in [0.15, 0.2) is 0 Å². The average Bonchev–Trinajstić information content (AvgIpc) is 2.65. The van der Waals surface area contributed by atoms with E-state index >= 15 is 0 Å². The zero-order valence-electron chi connectivity index (χ0n) is 19.0. The van der Waals surface area contributed by atoms with Gasteiger partial charge in [-0.15, -0.1) is 0 Å². The lowest BCUT2D eigenvalue weighted by Crippen LogP contribution is -2.35. The second-order valence-corrected chi connectivity index (χ2v) is 8.44. The van der Waals surface area contributed by atoms with Crippen molar-refractivity contribution in [3.63, 3.8) is 0 Å². The van der Waals surface area contributed by atoms with Crippen LogP contribution in [-0.2, 0) is 23.3 Å². The van der Waals surface area contributed by atoms with E-state index in [1.807, 2.05) is 13.8 Å². The molecule has 1 unspecified atom stereocenters. The number of nitrogens with one attached hydrogen (secondary N) is 1. The second kappa shape index (κ2) is 18.0. The van der Waals surface area contributed by atoms with Crippen LogP contribution >= 0.6 is 8.53 Å². The fourth-order valence-electron chi connectivity index (χ4n) is 2.67. The molecule has 0 rings (SSSR count). The molecule has 1 atom stereocenters. The van der Waals surface area contributed by atoms with Crippen LogP contribution in [0.1, 0.15) is 67.2 Å². The van der Waals surface area contributed by atoms with Crippen LogP contribution in [0.2, 0.25) is 0 Å². The van der Waals surface area contributed by atoms with Crippen molar-refractivity contribution in [2.45, 2.75) is 85.6 Å². The van der Waals surface area contributed by atoms with Crippen LogP contribution in [-0.4, -0.2) is 61.9 Å². The number of carbonyl (C=O) groups excluding carboxylic acids is 1. The Balaban J connectivity index is 4.26. The zero-order valence-corrected chi connectivity index (χ0v) is 19.9. The highest BCUT2D eigenvalue weighted by molar-refractivity contribution is 7.44. The number of amides is 1. The largest absolute Gasteiger partial charge is 0.351 e. The number of unbranched alkanes of at least 4 members (excludes halogenated alkanes) is 1. The van der Waals surface area contributed by atoms with Crippen molar-refractivity contribution >= 4 is 14.4 Å². The van der Waals surface area contributed by atoms with Gasteiger partial charge in [0.15, 0.2) is 6.29 Å². The van der Waals surface area contributed by atoms with Crippen molar-refractivity contribution in [2.24, 2.45) is 0 Å². The van der Waals surface area contributed by atoms with E-state index in [1.165, 1.54) is 0 Å². The predicted molar refractivity (Wildman–Crippen MR) is 115 cm³/mol. The highest BCUT2D eigenvalue weighted by Crippen LogP contribution is 2.46. The molecule has 0 spiro atoms. The van der Waals surface area contributed by atoms with Gasteiger partial charge in [0.2, 0.25) is 5.91 Å². The van der Waals surface area contributed by atoms with Crippen LogP contribution in [0.3, 0.4) is 0 Å². The smallest absolute Gasteiger partial charge is 0.259 e. The van der Waals surface area contributed by atoms with Crippen LogP contribution in [0.4, 0.5) is 0 Å². The Morgan fingerprint density at radius 3 is 2.14 bits per heavy atom. The molecule has 0 saturated heterocycles. The normalized spacial score (nSPS) is 12.7. The average molecular weight is 434 g/mol. The number of nitrogens with zero attached hydrogens (tertiary/aromatic N) is 2. The number of hydrogen-bond acceptors (Lipinski definition) is 7. The number of rotatable bonds is 18. The molecule has 0 radical (unpaired) electrons. The van der Waals surface area contributed by atoms with Gasteiger partial charge in [0.1, 0.15) is 0 Å². The van der Waals surface area contributed by atoms with Crippen LogP contribution < -0.4 is 5.32 Å². The highest BCUT2D eigenvalue weighted by atomic mass is 31.2. The summed E-state index contributed by atoms with van der Waals surface area (Å²) >= 11 is 0. The summed E-state index contributed by atoms with van der Waals surface area (Å²) in [6.45, 7) is 14.5. The summed E-state index contributed by atoms with van der Waals surface area (Å²) in [5.74, 6) is -0.0204. The number of carbonyl (C=O) groups is 1. The first-order valence-corrected chi connectivity index (χ1v) is 11.7. The van der Waals surface area contributed by atoms with Crippen molar-refractivity contribution in [1.82, 2.24) is 9.99 Å². The van der Waals surface area contributed by atoms with Gasteiger partial charge in [-0.1, -0.05) is 0 Å². The lowest BCUT2D eigenvalue weighted by molar-refractivity contribution is -0.140. The molecule has 0 aromatic heterocycles. The van der Waals surface area contributed by atoms with Crippen molar-refractivity contribution in [3.05, 3.63) is 0 Å². The van der Waals surface area contributed by atoms with Gasteiger partial charge in [0.05, 0.1) is 32.2 Å². The number of ether oxygens (including phenoxy) is 2. The summed E-state index contributed by atoms with van der Waals surface area (Å²) in [5, 5.41) is 11.6. The lowest BCUT2D eigenvalue weighted by Gasteiger charge is -2.35. The molecule has 0 heterocycles. The lowest BCUT2D eigenvalue weighted by atomic mass is 10.2. The van der Waals surface area contributed by atoms with E-state index in [0.717, 1.165) is 12.8 Å². The zero-order chi connectivity index (χ0) is 22.1. The SMILES string of the molecule is CCOC(CNC(=O)CCCCOP(OCCC#N)N(C(C)C)C(C)C)OCC. The monoisotopic (exact) mass is 433 g/mol. The minimum atomic E-state index is -1.22. The minimum absolute atomic E-state index is 0.0204. The van der Waals surface area contributed by atoms with Gasteiger partial charge < -0.3 is 23.8 Å². The van der Waals surface area contributed by atoms with Gasteiger partial charge in [0, 0.05) is 31.7 Å². The van der Waals surface area contributed by atoms with E-state index < -0.39 is 14.8 Å². The molecule has 0 aliphatic carbocycles. The van der Waals surface area contributed by atoms with E-state index in [4.69, 9.17) is 23.8 Å². The van der Waals surface area contributed by atoms with Gasteiger partial charge in [-0.2, -0.15) is 5.26 Å². The Hall–Kier alpha value is -0.810. The molecule has 0 aromatic carbocycles. The Kier molecular flexibility index (Phi) is 17.5. The first kappa shape index (κ1) is 28.2. The summed E-state index contributed by atoms with van der Waals surface area (Å²) in [5.41, 5.74) is 0. The third-order valence-corrected chi connectivity index (χ3v) is 5.94. The molecule has 0 saturated carbocycles. The van der Waals surface area contributed by atoms with E-state index in [9.17, 15) is 4.79 Å². The van der Waals surface area contributed by atoms with E-state index in [-0.39, 0.29) is 18.0 Å². The Bertz CT molecular complexity index is 446. The van der Waals surface area contributed by atoms with E-state index in [1.54, 1.807) is 0 Å². The van der Waals surface area contributed by atoms with Crippen molar-refractivity contribution in [1.29, 1.82) is 5.26 Å². The van der Waals surface area contributed by atoms with Crippen LogP contribution in [0.25, 0.3) is 0 Å². The Morgan fingerprint density at radius 2 is 1.62 bits per heavy atom. The molecule has 0 aliphatic heterocycles. The molecule has 29 heavy (non-hydrogen) atoms. The van der Waals surface area contributed by atoms with E-state index in [2.05, 4.69) is 43.8 Å². The predicted octanol–water partition coefficient (Wildman–Crippen LogP) is 3.96. The minimum Gasteiger partial charge on any atom is -0.351 e. The molecule has 0 aromatic rings. The second-order valence-electron chi connectivity index (χ2n) is 6.98. The topological polar surface area (TPSA) is 93.1 Å². The maximum absolute atomic E-state index is 12.0. The summed E-state index contributed by atoms with van der Waals surface area (Å²) in [4.78, 5) is 12.0. The van der Waals surface area contributed by atoms with Gasteiger partial charge in [-0.3, -0.25) is 4.79 Å². The Labute approximate surface area is 178 Å². The summed E-state index contributed by atoms with van der Waals surface area (Å²) < 4.78 is 24.9. The molecule has 8 nitrogen and oxygen atoms in total. The van der Waals surface area contributed by atoms with E-state index in [0.29, 0.717) is 45.8 Å². The van der Waals surface area contributed by atoms with Gasteiger partial charge >= 0.3 is 0 Å². The molecular weight excluding hydrogens is 393 g/mol. The fourth-order valence-corrected chi connectivity index (χ4v) is 4.30. The highest BCUT2D eigenvalue weighted by Gasteiger charge is 2.26. The van der Waals surface area contributed by atoms with Gasteiger partial charge in [0.25, 0.3) is 8.53 Å². The maximum atomic E-state index is 12.0. The van der Waals surface area contributed by atoms with Crippen molar-refractivity contribution < 1.29 is 23.3 Å². The molecule has 1 N–H and O–H groups in total. The third-order valence-electron chi connectivity index (χ3n) is 3.83. The molecule has 0 aliphatic rings. The standard InChI is InChI=1S/C20H40N3O5P/c1-7-25-20(26-8-2)16-22-19(24)12-9-10-14-27-29(28-15-11-13-21)23(17(3)4)18(5)6/h17-18,20H,7-12,14-16H2,1-6H3,(H,22,24). The van der Waals surface area contributed by atoms with Crippen LogP contribution in [0.5, 0.6) is 0 Å². The molecule has 0 fully saturated rings. The van der Waals surface area contributed by atoms with Crippen LogP contribution in [0, 0.1) is 11.3 Å². The first-order chi connectivity index (χ1) is 13.9. The van der Waals surface area contributed by atoms with Gasteiger partial charge in [-0.25, -0.2) is 4.67 Å². The Morgan fingerprint density at radius 1 is 1.03 bits per heavy atom. The number of nitriles is 1. The fraction of sp³-hybridized carbons (Fsp3) is 0.900. The van der Waals surface area contributed by atoms with Crippen molar-refractivity contribution in [3.8, 4) is 6.07 Å². The molecule has 170 valence electrons. The summed E-state index contributed by atoms with van der Waals surface area (Å²) in [6.07, 6.45) is 1.86. The van der Waals surface area contributed by atoms with Crippen molar-refractivity contribution in [2.75, 3.05) is 33.0 Å². The molecule has 1 amide bonds.